The summed E-state index contributed by atoms with van der Waals surface area (Å²) in [6.07, 6.45) is 1.75. The number of anilines is 1. The molecule has 94 valence electrons. The van der Waals surface area contributed by atoms with Crippen LogP contribution in [0.3, 0.4) is 0 Å². The van der Waals surface area contributed by atoms with E-state index in [9.17, 15) is 0 Å². The van der Waals surface area contributed by atoms with E-state index < -0.39 is 0 Å². The Balaban J connectivity index is 2.14. The quantitative estimate of drug-likeness (QED) is 0.854. The lowest BCUT2D eigenvalue weighted by atomic mass is 10.2. The Labute approximate surface area is 112 Å². The van der Waals surface area contributed by atoms with Crippen molar-refractivity contribution in [2.75, 3.05) is 12.4 Å². The van der Waals surface area contributed by atoms with Gasteiger partial charge >= 0.3 is 0 Å². The zero-order chi connectivity index (χ0) is 13.0. The second-order valence-corrected chi connectivity index (χ2v) is 4.37. The Morgan fingerprint density at radius 2 is 2.11 bits per heavy atom. The molecule has 4 heteroatoms. The third kappa shape index (κ3) is 2.93. The van der Waals surface area contributed by atoms with Crippen LogP contribution >= 0.6 is 11.6 Å². The third-order valence-electron chi connectivity index (χ3n) is 2.64. The predicted octanol–water partition coefficient (Wildman–Crippen LogP) is 3.66. The predicted molar refractivity (Wildman–Crippen MR) is 74.3 cm³/mol. The minimum atomic E-state index is 0.482. The molecule has 1 heterocycles. The van der Waals surface area contributed by atoms with Gasteiger partial charge in [-0.05, 0) is 24.6 Å². The van der Waals surface area contributed by atoms with Gasteiger partial charge in [-0.25, -0.2) is 4.98 Å². The van der Waals surface area contributed by atoms with Crippen LogP contribution in [0.5, 0.6) is 5.75 Å². The highest BCUT2D eigenvalue weighted by molar-refractivity contribution is 6.31. The van der Waals surface area contributed by atoms with Crippen LogP contribution in [0.4, 0.5) is 5.69 Å². The molecule has 2 aromatic rings. The largest absolute Gasteiger partial charge is 0.496 e. The molecule has 2 rings (SSSR count). The van der Waals surface area contributed by atoms with Crippen LogP contribution in [-0.2, 0) is 6.54 Å². The van der Waals surface area contributed by atoms with Crippen molar-refractivity contribution in [3.05, 3.63) is 52.8 Å². The van der Waals surface area contributed by atoms with E-state index in [0.29, 0.717) is 11.7 Å². The van der Waals surface area contributed by atoms with Crippen molar-refractivity contribution >= 4 is 17.3 Å². The van der Waals surface area contributed by atoms with Gasteiger partial charge in [-0.2, -0.15) is 0 Å². The maximum atomic E-state index is 6.03. The van der Waals surface area contributed by atoms with Gasteiger partial charge in [0.2, 0.25) is 0 Å². The first-order chi connectivity index (χ1) is 8.70. The zero-order valence-electron chi connectivity index (χ0n) is 10.4. The molecule has 0 spiro atoms. The van der Waals surface area contributed by atoms with Gasteiger partial charge < -0.3 is 10.1 Å². The fourth-order valence-corrected chi connectivity index (χ4v) is 1.89. The highest BCUT2D eigenvalue weighted by Gasteiger charge is 2.04. The van der Waals surface area contributed by atoms with Gasteiger partial charge in [0.15, 0.2) is 5.15 Å². The van der Waals surface area contributed by atoms with Gasteiger partial charge in [0.1, 0.15) is 5.75 Å². The lowest BCUT2D eigenvalue weighted by Gasteiger charge is -2.11. The van der Waals surface area contributed by atoms with Crippen LogP contribution in [0, 0.1) is 6.92 Å². The Bertz CT molecular complexity index is 543. The molecular weight excluding hydrogens is 248 g/mol. The van der Waals surface area contributed by atoms with Crippen molar-refractivity contribution in [3.63, 3.8) is 0 Å². The van der Waals surface area contributed by atoms with Crippen molar-refractivity contribution in [2.24, 2.45) is 0 Å². The molecule has 0 saturated heterocycles. The Hall–Kier alpha value is -1.74. The number of benzene rings is 1. The molecule has 0 atom stereocenters. The number of para-hydroxylation sites is 1. The second-order valence-electron chi connectivity index (χ2n) is 4.02. The molecule has 0 bridgehead atoms. The Kier molecular flexibility index (Phi) is 4.05. The first-order valence-corrected chi connectivity index (χ1v) is 6.06. The fraction of sp³-hybridized carbons (Fsp3) is 0.214. The van der Waals surface area contributed by atoms with Crippen molar-refractivity contribution < 1.29 is 4.74 Å². The second kappa shape index (κ2) is 5.74. The molecule has 0 unspecified atom stereocenters. The van der Waals surface area contributed by atoms with Gasteiger partial charge in [-0.1, -0.05) is 29.8 Å². The number of hydrogen-bond donors (Lipinski definition) is 1. The molecule has 0 aliphatic carbocycles. The van der Waals surface area contributed by atoms with Gasteiger partial charge in [0, 0.05) is 18.3 Å². The van der Waals surface area contributed by atoms with E-state index in [1.807, 2.05) is 37.3 Å². The first kappa shape index (κ1) is 12.7. The maximum absolute atomic E-state index is 6.03. The molecule has 1 N–H and O–H groups in total. The number of methoxy groups -OCH3 is 1. The van der Waals surface area contributed by atoms with Crippen LogP contribution in [0.2, 0.25) is 5.15 Å². The number of aryl methyl sites for hydroxylation is 1. The molecule has 0 radical (unpaired) electrons. The maximum Gasteiger partial charge on any atom is 0.152 e. The van der Waals surface area contributed by atoms with E-state index in [1.54, 1.807) is 13.3 Å². The molecule has 0 aliphatic heterocycles. The highest BCUT2D eigenvalue weighted by Crippen LogP contribution is 2.23. The average Bonchev–Trinajstić information content (AvgIpc) is 2.40. The standard InChI is InChI=1S/C14H15ClN2O/c1-10-7-12(14(15)17-8-10)16-9-11-5-3-4-6-13(11)18-2/h3-8,16H,9H2,1-2H3. The summed E-state index contributed by atoms with van der Waals surface area (Å²) in [5.74, 6) is 0.863. The van der Waals surface area contributed by atoms with Crippen molar-refractivity contribution in [3.8, 4) is 5.75 Å². The topological polar surface area (TPSA) is 34.1 Å². The van der Waals surface area contributed by atoms with E-state index in [-0.39, 0.29) is 0 Å². The summed E-state index contributed by atoms with van der Waals surface area (Å²) in [5.41, 5.74) is 2.99. The minimum Gasteiger partial charge on any atom is -0.496 e. The smallest absolute Gasteiger partial charge is 0.152 e. The summed E-state index contributed by atoms with van der Waals surface area (Å²) in [6, 6.07) is 9.86. The van der Waals surface area contributed by atoms with E-state index in [1.165, 1.54) is 0 Å². The number of nitrogens with zero attached hydrogens (tertiary/aromatic N) is 1. The normalized spacial score (nSPS) is 10.2. The van der Waals surface area contributed by atoms with Crippen molar-refractivity contribution in [1.29, 1.82) is 0 Å². The minimum absolute atomic E-state index is 0.482. The average molecular weight is 263 g/mol. The Morgan fingerprint density at radius 1 is 1.33 bits per heavy atom. The molecular formula is C14H15ClN2O. The van der Waals surface area contributed by atoms with Gasteiger partial charge in [-0.15, -0.1) is 0 Å². The number of hydrogen-bond acceptors (Lipinski definition) is 3. The van der Waals surface area contributed by atoms with Crippen LogP contribution in [0.1, 0.15) is 11.1 Å². The molecule has 0 aliphatic rings. The molecule has 1 aromatic heterocycles. The zero-order valence-corrected chi connectivity index (χ0v) is 11.2. The molecule has 18 heavy (non-hydrogen) atoms. The monoisotopic (exact) mass is 262 g/mol. The summed E-state index contributed by atoms with van der Waals surface area (Å²) >= 11 is 6.03. The van der Waals surface area contributed by atoms with Crippen LogP contribution < -0.4 is 10.1 Å². The van der Waals surface area contributed by atoms with Gasteiger partial charge in [-0.3, -0.25) is 0 Å². The van der Waals surface area contributed by atoms with Crippen LogP contribution in [-0.4, -0.2) is 12.1 Å². The van der Waals surface area contributed by atoms with Crippen LogP contribution in [0.15, 0.2) is 36.5 Å². The summed E-state index contributed by atoms with van der Waals surface area (Å²) in [6.45, 7) is 2.63. The number of aromatic nitrogens is 1. The number of ether oxygens (including phenoxy) is 1. The van der Waals surface area contributed by atoms with Crippen molar-refractivity contribution in [2.45, 2.75) is 13.5 Å². The van der Waals surface area contributed by atoms with E-state index in [0.717, 1.165) is 22.6 Å². The van der Waals surface area contributed by atoms with E-state index in [2.05, 4.69) is 10.3 Å². The van der Waals surface area contributed by atoms with Crippen LogP contribution in [0.25, 0.3) is 0 Å². The molecule has 3 nitrogen and oxygen atoms in total. The third-order valence-corrected chi connectivity index (χ3v) is 2.94. The fourth-order valence-electron chi connectivity index (χ4n) is 1.72. The van der Waals surface area contributed by atoms with Gasteiger partial charge in [0.25, 0.3) is 0 Å². The molecule has 0 fully saturated rings. The van der Waals surface area contributed by atoms with Crippen molar-refractivity contribution in [1.82, 2.24) is 4.98 Å². The van der Waals surface area contributed by atoms with E-state index >= 15 is 0 Å². The van der Waals surface area contributed by atoms with E-state index in [4.69, 9.17) is 16.3 Å². The summed E-state index contributed by atoms with van der Waals surface area (Å²) in [4.78, 5) is 4.11. The summed E-state index contributed by atoms with van der Waals surface area (Å²) in [7, 11) is 1.67. The Morgan fingerprint density at radius 3 is 2.89 bits per heavy atom. The SMILES string of the molecule is COc1ccccc1CNc1cc(C)cnc1Cl. The number of nitrogens with one attached hydrogen (secondary N) is 1. The molecule has 0 amide bonds. The number of pyridine rings is 1. The lowest BCUT2D eigenvalue weighted by Crippen LogP contribution is -2.02. The summed E-state index contributed by atoms with van der Waals surface area (Å²) in [5, 5.41) is 3.75. The first-order valence-electron chi connectivity index (χ1n) is 5.68. The molecule has 0 saturated carbocycles. The summed E-state index contributed by atoms with van der Waals surface area (Å²) < 4.78 is 5.30. The number of halogens is 1. The van der Waals surface area contributed by atoms with Gasteiger partial charge in [0.05, 0.1) is 12.8 Å². The highest BCUT2D eigenvalue weighted by atomic mass is 35.5. The lowest BCUT2D eigenvalue weighted by molar-refractivity contribution is 0.410. The number of rotatable bonds is 4. The molecule has 1 aromatic carbocycles.